The summed E-state index contributed by atoms with van der Waals surface area (Å²) in [6.45, 7) is 3.42. The standard InChI is InChI=1S/C12H20N4OS/c1-3-13-10-6-11(16-12(15-10)18-2)14-7-9(17)8-4-5-8/h6,8-9,17H,3-5,7H2,1-2H3,(H2,13,14,15,16). The minimum absolute atomic E-state index is 0.264. The predicted octanol–water partition coefficient (Wildman–Crippen LogP) is 1.81. The van der Waals surface area contributed by atoms with E-state index in [1.165, 1.54) is 11.8 Å². The van der Waals surface area contributed by atoms with Gasteiger partial charge in [0, 0.05) is 19.2 Å². The molecule has 0 radical (unpaired) electrons. The molecule has 1 atom stereocenters. The maximum atomic E-state index is 9.82. The number of aliphatic hydroxyl groups excluding tert-OH is 1. The van der Waals surface area contributed by atoms with Gasteiger partial charge in [-0.3, -0.25) is 0 Å². The number of hydrogen-bond donors (Lipinski definition) is 3. The van der Waals surface area contributed by atoms with Gasteiger partial charge in [-0.05, 0) is 31.9 Å². The highest BCUT2D eigenvalue weighted by Gasteiger charge is 2.29. The number of aliphatic hydroxyl groups is 1. The molecule has 6 heteroatoms. The number of nitrogens with zero attached hydrogens (tertiary/aromatic N) is 2. The third-order valence-corrected chi connectivity index (χ3v) is 3.45. The van der Waals surface area contributed by atoms with Crippen LogP contribution in [-0.4, -0.2) is 40.5 Å². The van der Waals surface area contributed by atoms with Gasteiger partial charge in [-0.2, -0.15) is 0 Å². The Morgan fingerprint density at radius 2 is 2.06 bits per heavy atom. The fraction of sp³-hybridized carbons (Fsp3) is 0.667. The van der Waals surface area contributed by atoms with Gasteiger partial charge in [0.1, 0.15) is 11.6 Å². The average Bonchev–Trinajstić information content (AvgIpc) is 3.20. The van der Waals surface area contributed by atoms with Gasteiger partial charge in [-0.1, -0.05) is 11.8 Å². The van der Waals surface area contributed by atoms with Crippen LogP contribution in [0.2, 0.25) is 0 Å². The average molecular weight is 268 g/mol. The molecular formula is C12H20N4OS. The topological polar surface area (TPSA) is 70.1 Å². The molecule has 0 aromatic carbocycles. The lowest BCUT2D eigenvalue weighted by atomic mass is 10.2. The van der Waals surface area contributed by atoms with E-state index in [0.29, 0.717) is 12.5 Å². The zero-order chi connectivity index (χ0) is 13.0. The van der Waals surface area contributed by atoms with Crippen molar-refractivity contribution in [1.29, 1.82) is 0 Å². The lowest BCUT2D eigenvalue weighted by molar-refractivity contribution is 0.164. The van der Waals surface area contributed by atoms with E-state index in [1.54, 1.807) is 0 Å². The number of rotatable bonds is 7. The van der Waals surface area contributed by atoms with Crippen LogP contribution in [-0.2, 0) is 0 Å². The van der Waals surface area contributed by atoms with Crippen molar-refractivity contribution in [1.82, 2.24) is 9.97 Å². The quantitative estimate of drug-likeness (QED) is 0.517. The molecule has 1 aromatic rings. The Morgan fingerprint density at radius 3 is 2.61 bits per heavy atom. The first-order valence-electron chi connectivity index (χ1n) is 6.31. The summed E-state index contributed by atoms with van der Waals surface area (Å²) in [5.41, 5.74) is 0. The highest BCUT2D eigenvalue weighted by atomic mass is 32.2. The first kappa shape index (κ1) is 13.4. The van der Waals surface area contributed by atoms with Crippen LogP contribution < -0.4 is 10.6 Å². The Kier molecular flexibility index (Phi) is 4.66. The molecule has 1 unspecified atom stereocenters. The molecule has 0 aliphatic heterocycles. The molecule has 18 heavy (non-hydrogen) atoms. The van der Waals surface area contributed by atoms with Crippen LogP contribution in [0.15, 0.2) is 11.2 Å². The summed E-state index contributed by atoms with van der Waals surface area (Å²) in [6, 6.07) is 1.88. The number of anilines is 2. The summed E-state index contributed by atoms with van der Waals surface area (Å²) in [4.78, 5) is 8.73. The van der Waals surface area contributed by atoms with Gasteiger partial charge in [0.25, 0.3) is 0 Å². The SMILES string of the molecule is CCNc1cc(NCC(O)C2CC2)nc(SC)n1. The van der Waals surface area contributed by atoms with Crippen LogP contribution in [0.1, 0.15) is 19.8 Å². The lowest BCUT2D eigenvalue weighted by Crippen LogP contribution is -2.22. The zero-order valence-electron chi connectivity index (χ0n) is 10.8. The van der Waals surface area contributed by atoms with E-state index in [4.69, 9.17) is 0 Å². The second kappa shape index (κ2) is 6.24. The van der Waals surface area contributed by atoms with E-state index in [-0.39, 0.29) is 6.10 Å². The number of aromatic nitrogens is 2. The minimum atomic E-state index is -0.264. The molecule has 1 fully saturated rings. The molecule has 0 spiro atoms. The molecule has 1 aromatic heterocycles. The summed E-state index contributed by atoms with van der Waals surface area (Å²) in [7, 11) is 0. The maximum absolute atomic E-state index is 9.82. The van der Waals surface area contributed by atoms with Crippen LogP contribution in [0.25, 0.3) is 0 Å². The van der Waals surface area contributed by atoms with Crippen molar-refractivity contribution in [2.45, 2.75) is 31.0 Å². The molecule has 1 aliphatic carbocycles. The fourth-order valence-corrected chi connectivity index (χ4v) is 2.11. The molecular weight excluding hydrogens is 248 g/mol. The largest absolute Gasteiger partial charge is 0.391 e. The molecule has 5 nitrogen and oxygen atoms in total. The number of hydrogen-bond acceptors (Lipinski definition) is 6. The first-order valence-corrected chi connectivity index (χ1v) is 7.54. The van der Waals surface area contributed by atoms with Gasteiger partial charge in [0.05, 0.1) is 6.10 Å². The molecule has 1 aliphatic rings. The maximum Gasteiger partial charge on any atom is 0.191 e. The number of thioether (sulfide) groups is 1. The van der Waals surface area contributed by atoms with Gasteiger partial charge < -0.3 is 15.7 Å². The molecule has 0 saturated heterocycles. The second-order valence-corrected chi connectivity index (χ2v) is 5.21. The summed E-state index contributed by atoms with van der Waals surface area (Å²) < 4.78 is 0. The van der Waals surface area contributed by atoms with Crippen molar-refractivity contribution >= 4 is 23.4 Å². The zero-order valence-corrected chi connectivity index (χ0v) is 11.6. The molecule has 2 rings (SSSR count). The van der Waals surface area contributed by atoms with E-state index < -0.39 is 0 Å². The van der Waals surface area contributed by atoms with Gasteiger partial charge in [0.2, 0.25) is 0 Å². The van der Waals surface area contributed by atoms with Crippen molar-refractivity contribution < 1.29 is 5.11 Å². The summed E-state index contributed by atoms with van der Waals surface area (Å²) >= 11 is 1.51. The van der Waals surface area contributed by atoms with Crippen LogP contribution in [0.4, 0.5) is 11.6 Å². The van der Waals surface area contributed by atoms with Gasteiger partial charge in [-0.15, -0.1) is 0 Å². The monoisotopic (exact) mass is 268 g/mol. The molecule has 0 bridgehead atoms. The Bertz CT molecular complexity index is 398. The third kappa shape index (κ3) is 3.74. The first-order chi connectivity index (χ1) is 8.72. The van der Waals surface area contributed by atoms with Crippen LogP contribution in [0.3, 0.4) is 0 Å². The molecule has 100 valence electrons. The van der Waals surface area contributed by atoms with Crippen molar-refractivity contribution in [3.05, 3.63) is 6.07 Å². The molecule has 0 amide bonds. The molecule has 3 N–H and O–H groups in total. The number of nitrogens with one attached hydrogen (secondary N) is 2. The van der Waals surface area contributed by atoms with Crippen LogP contribution in [0.5, 0.6) is 0 Å². The van der Waals surface area contributed by atoms with Gasteiger partial charge >= 0.3 is 0 Å². The lowest BCUT2D eigenvalue weighted by Gasteiger charge is -2.12. The van der Waals surface area contributed by atoms with Gasteiger partial charge in [0.15, 0.2) is 5.16 Å². The normalized spacial score (nSPS) is 16.4. The van der Waals surface area contributed by atoms with Crippen molar-refractivity contribution in [2.24, 2.45) is 5.92 Å². The summed E-state index contributed by atoms with van der Waals surface area (Å²) in [5, 5.41) is 16.9. The third-order valence-electron chi connectivity index (χ3n) is 2.90. The van der Waals surface area contributed by atoms with Crippen molar-refractivity contribution in [3.63, 3.8) is 0 Å². The summed E-state index contributed by atoms with van der Waals surface area (Å²) in [6.07, 6.45) is 3.98. The Morgan fingerprint density at radius 1 is 1.39 bits per heavy atom. The predicted molar refractivity (Wildman–Crippen MR) is 75.2 cm³/mol. The van der Waals surface area contributed by atoms with Gasteiger partial charge in [-0.25, -0.2) is 9.97 Å². The van der Waals surface area contributed by atoms with E-state index in [0.717, 1.165) is 36.2 Å². The van der Waals surface area contributed by atoms with E-state index >= 15 is 0 Å². The Labute approximate surface area is 112 Å². The van der Waals surface area contributed by atoms with E-state index in [1.807, 2.05) is 19.2 Å². The fourth-order valence-electron chi connectivity index (χ4n) is 1.74. The molecule has 1 heterocycles. The van der Waals surface area contributed by atoms with Crippen molar-refractivity contribution in [3.8, 4) is 0 Å². The minimum Gasteiger partial charge on any atom is -0.391 e. The molecule has 1 saturated carbocycles. The Hall–Kier alpha value is -1.01. The Balaban J connectivity index is 1.98. The highest BCUT2D eigenvalue weighted by molar-refractivity contribution is 7.98. The smallest absolute Gasteiger partial charge is 0.191 e. The second-order valence-electron chi connectivity index (χ2n) is 4.44. The highest BCUT2D eigenvalue weighted by Crippen LogP contribution is 2.32. The summed E-state index contributed by atoms with van der Waals surface area (Å²) in [5.74, 6) is 2.07. The van der Waals surface area contributed by atoms with Crippen molar-refractivity contribution in [2.75, 3.05) is 30.0 Å². The van der Waals surface area contributed by atoms with E-state index in [9.17, 15) is 5.11 Å². The van der Waals surface area contributed by atoms with E-state index in [2.05, 4.69) is 20.6 Å². The van der Waals surface area contributed by atoms with Crippen LogP contribution >= 0.6 is 11.8 Å². The van der Waals surface area contributed by atoms with Crippen LogP contribution in [0, 0.1) is 5.92 Å².